The molecule has 1 heterocycles. The maximum absolute atomic E-state index is 12.1. The van der Waals surface area contributed by atoms with Crippen molar-refractivity contribution in [3.8, 4) is 11.5 Å². The van der Waals surface area contributed by atoms with E-state index in [0.29, 0.717) is 27.1 Å². The molecule has 4 rings (SSSR count). The maximum Gasteiger partial charge on any atom is 0.195 e. The Balaban J connectivity index is 2.03. The summed E-state index contributed by atoms with van der Waals surface area (Å²) in [5.41, 5.74) is 1.31. The summed E-state index contributed by atoms with van der Waals surface area (Å²) in [6.07, 6.45) is 3.15. The molecule has 0 unspecified atom stereocenters. The molecule has 0 bridgehead atoms. The number of phenols is 1. The lowest BCUT2D eigenvalue weighted by molar-refractivity contribution is -0.255. The van der Waals surface area contributed by atoms with E-state index in [4.69, 9.17) is 4.74 Å². The number of carboxylic acids is 1. The van der Waals surface area contributed by atoms with Crippen LogP contribution in [0.1, 0.15) is 27.4 Å². The van der Waals surface area contributed by atoms with Crippen LogP contribution >= 0.6 is 31.9 Å². The summed E-state index contributed by atoms with van der Waals surface area (Å²) in [6, 6.07) is 9.81. The fourth-order valence-electron chi connectivity index (χ4n) is 3.52. The van der Waals surface area contributed by atoms with Crippen LogP contribution in [0.15, 0.2) is 63.3 Å². The molecule has 0 aromatic heterocycles. The van der Waals surface area contributed by atoms with Crippen molar-refractivity contribution in [3.05, 3.63) is 80.0 Å². The summed E-state index contributed by atoms with van der Waals surface area (Å²) < 4.78 is 6.58. The first-order chi connectivity index (χ1) is 12.9. The number of halogens is 2. The number of fused-ring (bicyclic) bond motifs is 2. The average Bonchev–Trinajstić information content (AvgIpc) is 2.66. The van der Waals surface area contributed by atoms with Crippen LogP contribution in [-0.4, -0.2) is 16.9 Å². The number of carbonyl (C=O) groups excluding carboxylic acids is 2. The summed E-state index contributed by atoms with van der Waals surface area (Å²) in [5, 5.41) is 21.7. The van der Waals surface area contributed by atoms with Crippen LogP contribution in [0.4, 0.5) is 0 Å². The van der Waals surface area contributed by atoms with E-state index in [1.54, 1.807) is 30.3 Å². The molecule has 7 heteroatoms. The van der Waals surface area contributed by atoms with E-state index in [1.165, 1.54) is 18.2 Å². The third-order valence-corrected chi connectivity index (χ3v) is 6.27. The Bertz CT molecular complexity index is 1050. The molecular weight excluding hydrogens is 480 g/mol. The first-order valence-electron chi connectivity index (χ1n) is 8.01. The molecule has 0 saturated carbocycles. The zero-order chi connectivity index (χ0) is 19.3. The SMILES string of the molecule is O=C1C=C[C@@H]2C(=C1Br)Oc1c(ccc(O)c1Br)[C@@H]2c1ccccc1C(=O)[O-]. The molecule has 2 aliphatic rings. The summed E-state index contributed by atoms with van der Waals surface area (Å²) in [5.74, 6) is -1.65. The summed E-state index contributed by atoms with van der Waals surface area (Å²) >= 11 is 6.61. The lowest BCUT2D eigenvalue weighted by Crippen LogP contribution is -2.31. The van der Waals surface area contributed by atoms with Crippen molar-refractivity contribution in [1.29, 1.82) is 0 Å². The molecule has 2 aromatic rings. The largest absolute Gasteiger partial charge is 0.545 e. The standard InChI is InChI=1S/C20H12Br2O5/c21-16-13(23)7-5-11-15(9-3-1-2-4-10(9)20(25)26)12-6-8-14(24)17(22)19(12)27-18(11)16/h1-8,11,15,24H,(H,25,26)/p-1/t11-,15+/m0/s1. The minimum atomic E-state index is -1.28. The van der Waals surface area contributed by atoms with E-state index in [1.807, 2.05) is 0 Å². The maximum atomic E-state index is 12.1. The lowest BCUT2D eigenvalue weighted by atomic mass is 9.74. The Labute approximate surface area is 171 Å². The van der Waals surface area contributed by atoms with Gasteiger partial charge in [-0.2, -0.15) is 0 Å². The Morgan fingerprint density at radius 1 is 1.11 bits per heavy atom. The van der Waals surface area contributed by atoms with Crippen LogP contribution in [0.5, 0.6) is 11.5 Å². The van der Waals surface area contributed by atoms with Gasteiger partial charge in [-0.25, -0.2) is 0 Å². The molecule has 0 amide bonds. The topological polar surface area (TPSA) is 86.7 Å². The minimum Gasteiger partial charge on any atom is -0.545 e. The molecular formula is C20H11Br2O5-. The van der Waals surface area contributed by atoms with Crippen molar-refractivity contribution in [3.63, 3.8) is 0 Å². The fourth-order valence-corrected chi connectivity index (χ4v) is 4.44. The normalized spacial score (nSPS) is 20.7. The minimum absolute atomic E-state index is 0.0199. The molecule has 2 atom stereocenters. The van der Waals surface area contributed by atoms with Gasteiger partial charge in [0.2, 0.25) is 0 Å². The number of ether oxygens (including phenoxy) is 1. The van der Waals surface area contributed by atoms with Gasteiger partial charge in [-0.3, -0.25) is 4.79 Å². The molecule has 0 fully saturated rings. The molecule has 1 aliphatic carbocycles. The van der Waals surface area contributed by atoms with Crippen molar-refractivity contribution in [2.45, 2.75) is 5.92 Å². The number of ketones is 1. The number of allylic oxidation sites excluding steroid dienone is 3. The third-order valence-electron chi connectivity index (χ3n) is 4.72. The van der Waals surface area contributed by atoms with E-state index in [2.05, 4.69) is 31.9 Å². The van der Waals surface area contributed by atoms with Gasteiger partial charge in [-0.15, -0.1) is 0 Å². The smallest absolute Gasteiger partial charge is 0.195 e. The molecule has 2 aromatic carbocycles. The van der Waals surface area contributed by atoms with Gasteiger partial charge in [0.05, 0.1) is 5.97 Å². The molecule has 0 spiro atoms. The predicted molar refractivity (Wildman–Crippen MR) is 103 cm³/mol. The van der Waals surface area contributed by atoms with Crippen molar-refractivity contribution in [2.24, 2.45) is 5.92 Å². The van der Waals surface area contributed by atoms with Crippen molar-refractivity contribution < 1.29 is 24.5 Å². The highest BCUT2D eigenvalue weighted by Crippen LogP contribution is 2.53. The number of carbonyl (C=O) groups is 2. The van der Waals surface area contributed by atoms with Gasteiger partial charge < -0.3 is 19.7 Å². The van der Waals surface area contributed by atoms with Crippen LogP contribution in [0.25, 0.3) is 0 Å². The van der Waals surface area contributed by atoms with Gasteiger partial charge in [0.15, 0.2) is 5.78 Å². The summed E-state index contributed by atoms with van der Waals surface area (Å²) in [7, 11) is 0. The first kappa shape index (κ1) is 18.0. The molecule has 0 saturated heterocycles. The van der Waals surface area contributed by atoms with Gasteiger partial charge in [0, 0.05) is 23.0 Å². The van der Waals surface area contributed by atoms with Crippen molar-refractivity contribution >= 4 is 43.6 Å². The number of aromatic carboxylic acids is 1. The zero-order valence-corrected chi connectivity index (χ0v) is 16.8. The Hall–Kier alpha value is -2.38. The van der Waals surface area contributed by atoms with Crippen LogP contribution in [0.3, 0.4) is 0 Å². The van der Waals surface area contributed by atoms with E-state index in [9.17, 15) is 19.8 Å². The predicted octanol–water partition coefficient (Wildman–Crippen LogP) is 3.40. The second-order valence-electron chi connectivity index (χ2n) is 6.20. The second kappa shape index (κ2) is 6.65. The number of hydrogen-bond acceptors (Lipinski definition) is 5. The Morgan fingerprint density at radius 2 is 1.85 bits per heavy atom. The van der Waals surface area contributed by atoms with Crippen LogP contribution in [-0.2, 0) is 4.79 Å². The van der Waals surface area contributed by atoms with E-state index in [0.717, 1.165) is 0 Å². The van der Waals surface area contributed by atoms with E-state index < -0.39 is 11.9 Å². The highest BCUT2D eigenvalue weighted by Gasteiger charge is 2.40. The fraction of sp³-hybridized carbons (Fsp3) is 0.100. The van der Waals surface area contributed by atoms with Crippen LogP contribution in [0.2, 0.25) is 0 Å². The zero-order valence-electron chi connectivity index (χ0n) is 13.6. The van der Waals surface area contributed by atoms with E-state index >= 15 is 0 Å². The first-order valence-corrected chi connectivity index (χ1v) is 9.60. The van der Waals surface area contributed by atoms with Crippen molar-refractivity contribution in [2.75, 3.05) is 0 Å². The monoisotopic (exact) mass is 489 g/mol. The molecule has 5 nitrogen and oxygen atoms in total. The molecule has 0 radical (unpaired) electrons. The highest BCUT2D eigenvalue weighted by molar-refractivity contribution is 9.12. The van der Waals surface area contributed by atoms with Crippen LogP contribution < -0.4 is 9.84 Å². The molecule has 1 aliphatic heterocycles. The summed E-state index contributed by atoms with van der Waals surface area (Å²) in [4.78, 5) is 23.8. The Morgan fingerprint density at radius 3 is 2.59 bits per heavy atom. The summed E-state index contributed by atoms with van der Waals surface area (Å²) in [6.45, 7) is 0. The van der Waals surface area contributed by atoms with Crippen LogP contribution in [0, 0.1) is 5.92 Å². The number of carboxylic acid groups (broad SMARTS) is 1. The van der Waals surface area contributed by atoms with Gasteiger partial charge in [0.25, 0.3) is 0 Å². The van der Waals surface area contributed by atoms with Crippen molar-refractivity contribution in [1.82, 2.24) is 0 Å². The molecule has 27 heavy (non-hydrogen) atoms. The highest BCUT2D eigenvalue weighted by atomic mass is 79.9. The molecule has 1 N–H and O–H groups in total. The van der Waals surface area contributed by atoms with Gasteiger partial charge >= 0.3 is 0 Å². The number of rotatable bonds is 2. The van der Waals surface area contributed by atoms with Gasteiger partial charge in [-0.05, 0) is 49.6 Å². The van der Waals surface area contributed by atoms with Gasteiger partial charge in [-0.1, -0.05) is 36.4 Å². The number of benzene rings is 2. The number of hydrogen-bond donors (Lipinski definition) is 1. The lowest BCUT2D eigenvalue weighted by Gasteiger charge is -2.37. The van der Waals surface area contributed by atoms with E-state index in [-0.39, 0.29) is 27.5 Å². The Kier molecular flexibility index (Phi) is 4.44. The quantitative estimate of drug-likeness (QED) is 0.697. The molecule has 136 valence electrons. The third kappa shape index (κ3) is 2.82. The second-order valence-corrected chi connectivity index (χ2v) is 7.78. The number of aromatic hydroxyl groups is 1. The van der Waals surface area contributed by atoms with Gasteiger partial charge in [0.1, 0.15) is 26.2 Å². The number of phenolic OH excluding ortho intramolecular Hbond substituents is 1. The average molecular weight is 491 g/mol.